The first-order chi connectivity index (χ1) is 13.4. The van der Waals surface area contributed by atoms with Crippen molar-refractivity contribution in [1.29, 1.82) is 0 Å². The summed E-state index contributed by atoms with van der Waals surface area (Å²) in [6.07, 6.45) is 7.93. The molecule has 0 spiro atoms. The first kappa shape index (κ1) is 16.9. The molecule has 0 aromatic carbocycles. The molecule has 1 fully saturated rings. The molecule has 1 aliphatic rings. The molecule has 1 aliphatic carbocycles. The van der Waals surface area contributed by atoms with Gasteiger partial charge in [-0.2, -0.15) is 15.2 Å². The van der Waals surface area contributed by atoms with Crippen LogP contribution in [0.25, 0.3) is 11.2 Å². The van der Waals surface area contributed by atoms with Gasteiger partial charge in [-0.1, -0.05) is 0 Å². The van der Waals surface area contributed by atoms with E-state index in [0.29, 0.717) is 11.9 Å². The number of hydrogen-bond acceptors (Lipinski definition) is 6. The zero-order valence-electron chi connectivity index (χ0n) is 16.4. The van der Waals surface area contributed by atoms with Crippen molar-refractivity contribution in [2.45, 2.75) is 45.1 Å². The smallest absolute Gasteiger partial charge is 0.229 e. The number of imidazole rings is 1. The van der Waals surface area contributed by atoms with Gasteiger partial charge in [0.25, 0.3) is 0 Å². The fraction of sp³-hybridized carbons (Fsp3) is 0.421. The molecule has 5 rings (SSSR count). The van der Waals surface area contributed by atoms with E-state index in [1.807, 2.05) is 37.1 Å². The normalized spacial score (nSPS) is 14.7. The summed E-state index contributed by atoms with van der Waals surface area (Å²) in [4.78, 5) is 16.8. The molecule has 9 nitrogen and oxygen atoms in total. The molecule has 144 valence electrons. The van der Waals surface area contributed by atoms with E-state index in [2.05, 4.69) is 39.2 Å². The second-order valence-corrected chi connectivity index (χ2v) is 7.94. The monoisotopic (exact) mass is 377 g/mol. The highest BCUT2D eigenvalue weighted by Gasteiger charge is 2.30. The maximum absolute atomic E-state index is 4.75. The zero-order chi connectivity index (χ0) is 19.5. The lowest BCUT2D eigenvalue weighted by Crippen LogP contribution is -2.29. The lowest BCUT2D eigenvalue weighted by Gasteiger charge is -2.23. The van der Waals surface area contributed by atoms with Gasteiger partial charge in [-0.15, -0.1) is 0 Å². The standard InChI is InChI=1S/C19H23N9/c1-11-13(9-28(25-11)19(2,3)14-7-8-27(4)26-14)22-18-23-15(12-5-6-12)16-17(24-18)21-10-20-16/h7-10,12H,5-6H2,1-4H3,(H2,20,21,22,23,24). The summed E-state index contributed by atoms with van der Waals surface area (Å²) in [5, 5.41) is 12.6. The molecule has 9 heteroatoms. The van der Waals surface area contributed by atoms with Crippen LogP contribution in [-0.2, 0) is 12.6 Å². The van der Waals surface area contributed by atoms with Gasteiger partial charge < -0.3 is 10.3 Å². The third kappa shape index (κ3) is 2.74. The summed E-state index contributed by atoms with van der Waals surface area (Å²) >= 11 is 0. The van der Waals surface area contributed by atoms with Gasteiger partial charge in [-0.3, -0.25) is 9.36 Å². The molecule has 1 saturated carbocycles. The van der Waals surface area contributed by atoms with Gasteiger partial charge in [0, 0.05) is 25.4 Å². The van der Waals surface area contributed by atoms with Gasteiger partial charge in [-0.05, 0) is 39.7 Å². The van der Waals surface area contributed by atoms with Crippen molar-refractivity contribution in [3.05, 3.63) is 41.9 Å². The third-order valence-electron chi connectivity index (χ3n) is 5.33. The molecule has 4 heterocycles. The molecule has 0 bridgehead atoms. The molecular formula is C19H23N9. The molecule has 0 amide bonds. The fourth-order valence-electron chi connectivity index (χ4n) is 3.40. The Hall–Kier alpha value is -3.23. The minimum absolute atomic E-state index is 0.376. The summed E-state index contributed by atoms with van der Waals surface area (Å²) in [7, 11) is 1.92. The minimum Gasteiger partial charge on any atom is -0.329 e. The van der Waals surface area contributed by atoms with Crippen LogP contribution in [0.4, 0.5) is 11.6 Å². The van der Waals surface area contributed by atoms with E-state index >= 15 is 0 Å². The van der Waals surface area contributed by atoms with E-state index in [1.165, 1.54) is 0 Å². The Labute approximate surface area is 162 Å². The van der Waals surface area contributed by atoms with Gasteiger partial charge in [0.15, 0.2) is 5.65 Å². The molecule has 0 saturated heterocycles. The van der Waals surface area contributed by atoms with Crippen LogP contribution < -0.4 is 5.32 Å². The van der Waals surface area contributed by atoms with Crippen LogP contribution in [0.3, 0.4) is 0 Å². The minimum atomic E-state index is -0.376. The van der Waals surface area contributed by atoms with Crippen molar-refractivity contribution in [3.63, 3.8) is 0 Å². The van der Waals surface area contributed by atoms with E-state index < -0.39 is 0 Å². The van der Waals surface area contributed by atoms with Crippen LogP contribution in [-0.4, -0.2) is 39.5 Å². The maximum Gasteiger partial charge on any atom is 0.229 e. The van der Waals surface area contributed by atoms with Crippen LogP contribution in [0.15, 0.2) is 24.8 Å². The highest BCUT2D eigenvalue weighted by atomic mass is 15.4. The number of aryl methyl sites for hydroxylation is 2. The number of anilines is 2. The highest BCUT2D eigenvalue weighted by molar-refractivity contribution is 5.76. The summed E-state index contributed by atoms with van der Waals surface area (Å²) in [5.41, 5.74) is 4.99. The molecule has 28 heavy (non-hydrogen) atoms. The van der Waals surface area contributed by atoms with Gasteiger partial charge in [-0.25, -0.2) is 9.97 Å². The van der Waals surface area contributed by atoms with Crippen molar-refractivity contribution in [2.24, 2.45) is 7.05 Å². The first-order valence-electron chi connectivity index (χ1n) is 9.47. The highest BCUT2D eigenvalue weighted by Crippen LogP contribution is 2.41. The second kappa shape index (κ2) is 5.88. The number of hydrogen-bond donors (Lipinski definition) is 2. The molecule has 2 N–H and O–H groups in total. The summed E-state index contributed by atoms with van der Waals surface area (Å²) in [6.45, 7) is 6.18. The Morgan fingerprint density at radius 3 is 2.75 bits per heavy atom. The van der Waals surface area contributed by atoms with E-state index in [0.717, 1.165) is 46.8 Å². The molecule has 4 aromatic rings. The van der Waals surface area contributed by atoms with E-state index in [1.54, 1.807) is 11.0 Å². The maximum atomic E-state index is 4.75. The van der Waals surface area contributed by atoms with E-state index in [9.17, 15) is 0 Å². The quantitative estimate of drug-likeness (QED) is 0.554. The lowest BCUT2D eigenvalue weighted by atomic mass is 10.0. The van der Waals surface area contributed by atoms with Crippen molar-refractivity contribution < 1.29 is 0 Å². The van der Waals surface area contributed by atoms with Crippen LogP contribution in [0.5, 0.6) is 0 Å². The molecule has 4 aromatic heterocycles. The van der Waals surface area contributed by atoms with Crippen molar-refractivity contribution in [2.75, 3.05) is 5.32 Å². The Kier molecular flexibility index (Phi) is 3.55. The van der Waals surface area contributed by atoms with Crippen molar-refractivity contribution in [1.82, 2.24) is 39.5 Å². The molecule has 0 aliphatic heterocycles. The number of nitrogens with one attached hydrogen (secondary N) is 2. The topological polar surface area (TPSA) is 102 Å². The molecular weight excluding hydrogens is 354 g/mol. The SMILES string of the molecule is Cc1nn(C(C)(C)c2ccn(C)n2)cc1Nc1nc(C2CC2)c2nc[nH]c2n1. The van der Waals surface area contributed by atoms with Crippen LogP contribution in [0.2, 0.25) is 0 Å². The Morgan fingerprint density at radius 2 is 2.04 bits per heavy atom. The zero-order valence-corrected chi connectivity index (χ0v) is 16.4. The van der Waals surface area contributed by atoms with Crippen LogP contribution in [0, 0.1) is 6.92 Å². The molecule has 0 unspecified atom stereocenters. The Morgan fingerprint density at radius 1 is 1.21 bits per heavy atom. The average molecular weight is 377 g/mol. The Balaban J connectivity index is 1.49. The summed E-state index contributed by atoms with van der Waals surface area (Å²) in [6, 6.07) is 2.02. The van der Waals surface area contributed by atoms with Gasteiger partial charge >= 0.3 is 0 Å². The summed E-state index contributed by atoms with van der Waals surface area (Å²) in [5.74, 6) is 1.05. The van der Waals surface area contributed by atoms with E-state index in [4.69, 9.17) is 10.1 Å². The number of H-pyrrole nitrogens is 1. The fourth-order valence-corrected chi connectivity index (χ4v) is 3.40. The van der Waals surface area contributed by atoms with Crippen LogP contribution >= 0.6 is 0 Å². The average Bonchev–Trinajstić information content (AvgIpc) is 3.03. The second-order valence-electron chi connectivity index (χ2n) is 7.94. The number of aromatic nitrogens is 8. The Bertz CT molecular complexity index is 1160. The number of rotatable bonds is 5. The lowest BCUT2D eigenvalue weighted by molar-refractivity contribution is 0.375. The van der Waals surface area contributed by atoms with Gasteiger partial charge in [0.1, 0.15) is 11.1 Å². The number of fused-ring (bicyclic) bond motifs is 1. The predicted octanol–water partition coefficient (Wildman–Crippen LogP) is 3.00. The third-order valence-corrected chi connectivity index (χ3v) is 5.33. The van der Waals surface area contributed by atoms with Crippen molar-refractivity contribution >= 4 is 22.8 Å². The largest absolute Gasteiger partial charge is 0.329 e. The first-order valence-corrected chi connectivity index (χ1v) is 9.47. The van der Waals surface area contributed by atoms with Gasteiger partial charge in [0.05, 0.1) is 29.1 Å². The predicted molar refractivity (Wildman–Crippen MR) is 106 cm³/mol. The van der Waals surface area contributed by atoms with Crippen LogP contribution in [0.1, 0.15) is 49.7 Å². The molecule has 0 atom stereocenters. The molecule has 0 radical (unpaired) electrons. The van der Waals surface area contributed by atoms with Crippen molar-refractivity contribution in [3.8, 4) is 0 Å². The number of aromatic amines is 1. The van der Waals surface area contributed by atoms with E-state index in [-0.39, 0.29) is 5.54 Å². The number of nitrogens with zero attached hydrogens (tertiary/aromatic N) is 7. The van der Waals surface area contributed by atoms with Gasteiger partial charge in [0.2, 0.25) is 5.95 Å². The summed E-state index contributed by atoms with van der Waals surface area (Å²) < 4.78 is 3.74.